The number of ether oxygens (including phenoxy) is 2. The highest BCUT2D eigenvalue weighted by atomic mass is 16.5. The molecule has 2 aromatic rings. The molecule has 0 unspecified atom stereocenters. The van der Waals surface area contributed by atoms with Gasteiger partial charge in [-0.05, 0) is 51.3 Å². The monoisotopic (exact) mass is 513 g/mol. The van der Waals surface area contributed by atoms with Crippen molar-refractivity contribution >= 4 is 18.1 Å². The summed E-state index contributed by atoms with van der Waals surface area (Å²) in [5.41, 5.74) is 6.77. The quantitative estimate of drug-likeness (QED) is 0.402. The molecule has 0 saturated carbocycles. The molecule has 1 aliphatic rings. The highest BCUT2D eigenvalue weighted by Crippen LogP contribution is 2.22. The standard InChI is InChI=1S/C16H21N5O3.C5H5N.C4H11N.C2H6/c1-18-14(7-8-22)21-15(19-16(17)20-21)10-11-5-4-6-12(23-2)13(9-11)24-3;1-2-4-6-5-3-1;1-4-5(2)3;1-2/h4,6-9,18H,5,10H2,1-3H3,(H2,17,20);1-5H;4H2,1-3H3;1-2H3/b14-7+;;;. The van der Waals surface area contributed by atoms with Gasteiger partial charge in [0.15, 0.2) is 11.5 Å². The van der Waals surface area contributed by atoms with Gasteiger partial charge < -0.3 is 25.4 Å². The maximum Gasteiger partial charge on any atom is 0.240 e. The molecule has 37 heavy (non-hydrogen) atoms. The van der Waals surface area contributed by atoms with Crippen LogP contribution in [0.1, 0.15) is 33.0 Å². The van der Waals surface area contributed by atoms with Gasteiger partial charge in [0.2, 0.25) is 5.95 Å². The molecule has 0 radical (unpaired) electrons. The van der Waals surface area contributed by atoms with Crippen molar-refractivity contribution in [1.29, 1.82) is 0 Å². The van der Waals surface area contributed by atoms with Gasteiger partial charge in [-0.15, -0.1) is 5.10 Å². The highest BCUT2D eigenvalue weighted by Gasteiger charge is 2.15. The van der Waals surface area contributed by atoms with Crippen molar-refractivity contribution in [2.75, 3.05) is 47.6 Å². The summed E-state index contributed by atoms with van der Waals surface area (Å²) in [4.78, 5) is 21.0. The number of carbonyl (C=O) groups is 1. The average Bonchev–Trinajstić information content (AvgIpc) is 3.17. The third-order valence-electron chi connectivity index (χ3n) is 4.65. The number of hydrogen-bond donors (Lipinski definition) is 2. The molecule has 2 heterocycles. The van der Waals surface area contributed by atoms with Gasteiger partial charge in [-0.25, -0.2) is 0 Å². The number of rotatable bonds is 8. The Balaban J connectivity index is 0.000000817. The minimum absolute atomic E-state index is 0.141. The lowest BCUT2D eigenvalue weighted by Gasteiger charge is -2.10. The van der Waals surface area contributed by atoms with E-state index in [2.05, 4.69) is 46.3 Å². The van der Waals surface area contributed by atoms with Gasteiger partial charge in [0.1, 0.15) is 17.9 Å². The van der Waals surface area contributed by atoms with Crippen molar-refractivity contribution in [3.05, 3.63) is 77.8 Å². The fourth-order valence-corrected chi connectivity index (χ4v) is 2.68. The Labute approximate surface area is 221 Å². The maximum atomic E-state index is 10.8. The molecule has 3 rings (SSSR count). The number of anilines is 1. The number of allylic oxidation sites excluding steroid dienone is 5. The largest absolute Gasteiger partial charge is 0.493 e. The number of nitrogens with one attached hydrogen (secondary N) is 1. The summed E-state index contributed by atoms with van der Waals surface area (Å²) in [7, 11) is 8.99. The molecular weight excluding hydrogens is 470 g/mol. The molecular formula is C27H43N7O3. The summed E-state index contributed by atoms with van der Waals surface area (Å²) in [6, 6.07) is 5.72. The molecule has 2 aromatic heterocycles. The fraction of sp³-hybridized carbons (Fsp3) is 0.407. The molecule has 0 fully saturated rings. The highest BCUT2D eigenvalue weighted by molar-refractivity contribution is 5.74. The Morgan fingerprint density at radius 1 is 1.16 bits per heavy atom. The SMILES string of the molecule is CC.CCN(C)C.CN/C(=C\C=O)n1nc(N)nc1CC1=CC(OC)=C(OC)C=CC1.c1ccncc1. The predicted molar refractivity (Wildman–Crippen MR) is 150 cm³/mol. The topological polar surface area (TPSA) is 120 Å². The van der Waals surface area contributed by atoms with Crippen molar-refractivity contribution in [2.45, 2.75) is 33.6 Å². The number of pyridine rings is 1. The van der Waals surface area contributed by atoms with Gasteiger partial charge in [-0.2, -0.15) is 9.67 Å². The van der Waals surface area contributed by atoms with Crippen molar-refractivity contribution < 1.29 is 14.3 Å². The van der Waals surface area contributed by atoms with Gasteiger partial charge in [0, 0.05) is 31.9 Å². The second-order valence-electron chi connectivity index (χ2n) is 7.38. The molecule has 204 valence electrons. The minimum atomic E-state index is 0.141. The van der Waals surface area contributed by atoms with Crippen molar-refractivity contribution in [3.8, 4) is 0 Å². The number of methoxy groups -OCH3 is 2. The lowest BCUT2D eigenvalue weighted by Crippen LogP contribution is -2.16. The summed E-state index contributed by atoms with van der Waals surface area (Å²) < 4.78 is 12.2. The molecule has 10 nitrogen and oxygen atoms in total. The molecule has 0 amide bonds. The summed E-state index contributed by atoms with van der Waals surface area (Å²) >= 11 is 0. The van der Waals surface area contributed by atoms with Crippen LogP contribution in [0.25, 0.3) is 5.82 Å². The van der Waals surface area contributed by atoms with Gasteiger partial charge in [-0.1, -0.05) is 38.5 Å². The summed E-state index contributed by atoms with van der Waals surface area (Å²) in [6.45, 7) is 7.26. The lowest BCUT2D eigenvalue weighted by molar-refractivity contribution is -0.104. The van der Waals surface area contributed by atoms with E-state index in [1.165, 1.54) is 10.8 Å². The number of nitrogen functional groups attached to an aromatic ring is 1. The number of aldehydes is 1. The first kappa shape index (κ1) is 33.1. The Kier molecular flexibility index (Phi) is 18.1. The zero-order valence-electron chi connectivity index (χ0n) is 23.4. The molecule has 0 saturated heterocycles. The summed E-state index contributed by atoms with van der Waals surface area (Å²) in [5.74, 6) is 2.55. The molecule has 0 bridgehead atoms. The Hall–Kier alpha value is -3.92. The van der Waals surface area contributed by atoms with E-state index in [0.717, 1.165) is 12.1 Å². The molecule has 10 heteroatoms. The average molecular weight is 514 g/mol. The van der Waals surface area contributed by atoms with Crippen LogP contribution < -0.4 is 11.1 Å². The van der Waals surface area contributed by atoms with Crippen LogP contribution in [-0.2, 0) is 20.7 Å². The van der Waals surface area contributed by atoms with Gasteiger partial charge in [0.25, 0.3) is 0 Å². The Morgan fingerprint density at radius 2 is 1.78 bits per heavy atom. The number of nitrogens with two attached hydrogens (primary N) is 1. The number of hydrogen-bond acceptors (Lipinski definition) is 9. The normalized spacial score (nSPS) is 12.5. The smallest absolute Gasteiger partial charge is 0.240 e. The minimum Gasteiger partial charge on any atom is -0.493 e. The second-order valence-corrected chi connectivity index (χ2v) is 7.38. The number of carbonyl (C=O) groups excluding carboxylic acids is 1. The number of nitrogens with zero attached hydrogens (tertiary/aromatic N) is 5. The van der Waals surface area contributed by atoms with E-state index in [0.29, 0.717) is 42.3 Å². The molecule has 0 aliphatic heterocycles. The predicted octanol–water partition coefficient (Wildman–Crippen LogP) is 3.69. The molecule has 0 spiro atoms. The van der Waals surface area contributed by atoms with Crippen LogP contribution in [0, 0.1) is 0 Å². The summed E-state index contributed by atoms with van der Waals surface area (Å²) in [5, 5.41) is 7.05. The van der Waals surface area contributed by atoms with Crippen LogP contribution in [0.15, 0.2) is 72.0 Å². The zero-order chi connectivity index (χ0) is 28.1. The van der Waals surface area contributed by atoms with E-state index in [4.69, 9.17) is 15.2 Å². The van der Waals surface area contributed by atoms with Crippen LogP contribution in [0.5, 0.6) is 0 Å². The van der Waals surface area contributed by atoms with Gasteiger partial charge >= 0.3 is 0 Å². The van der Waals surface area contributed by atoms with Crippen molar-refractivity contribution in [3.63, 3.8) is 0 Å². The van der Waals surface area contributed by atoms with E-state index in [9.17, 15) is 4.79 Å². The van der Waals surface area contributed by atoms with Crippen molar-refractivity contribution in [2.24, 2.45) is 0 Å². The number of aromatic nitrogens is 4. The second kappa shape index (κ2) is 20.3. The van der Waals surface area contributed by atoms with E-state index in [-0.39, 0.29) is 5.95 Å². The molecule has 0 aromatic carbocycles. The molecule has 3 N–H and O–H groups in total. The van der Waals surface area contributed by atoms with E-state index >= 15 is 0 Å². The molecule has 1 aliphatic carbocycles. The first-order valence-corrected chi connectivity index (χ1v) is 12.1. The van der Waals surface area contributed by atoms with Crippen LogP contribution >= 0.6 is 0 Å². The van der Waals surface area contributed by atoms with E-state index in [1.807, 2.05) is 50.3 Å². The third-order valence-corrected chi connectivity index (χ3v) is 4.65. The van der Waals surface area contributed by atoms with Crippen molar-refractivity contribution in [1.82, 2.24) is 30.0 Å². The van der Waals surface area contributed by atoms with E-state index < -0.39 is 0 Å². The molecule has 0 atom stereocenters. The van der Waals surface area contributed by atoms with Gasteiger partial charge in [0.05, 0.1) is 14.2 Å². The first-order chi connectivity index (χ1) is 17.9. The lowest BCUT2D eigenvalue weighted by atomic mass is 10.1. The third kappa shape index (κ3) is 13.1. The van der Waals surface area contributed by atoms with Gasteiger partial charge in [-0.3, -0.25) is 9.78 Å². The zero-order valence-corrected chi connectivity index (χ0v) is 23.4. The Morgan fingerprint density at radius 3 is 2.22 bits per heavy atom. The Bertz CT molecular complexity index is 984. The fourth-order valence-electron chi connectivity index (χ4n) is 2.68. The van der Waals surface area contributed by atoms with E-state index in [1.54, 1.807) is 33.7 Å². The summed E-state index contributed by atoms with van der Waals surface area (Å²) in [6.07, 6.45) is 12.5. The van der Waals surface area contributed by atoms with Crippen LogP contribution in [0.3, 0.4) is 0 Å². The maximum absolute atomic E-state index is 10.8. The van der Waals surface area contributed by atoms with Crippen LogP contribution in [-0.4, -0.2) is 72.8 Å². The van der Waals surface area contributed by atoms with Crippen LogP contribution in [0.4, 0.5) is 5.95 Å². The van der Waals surface area contributed by atoms with Crippen LogP contribution in [0.2, 0.25) is 0 Å². The first-order valence-electron chi connectivity index (χ1n) is 12.1.